The van der Waals surface area contributed by atoms with Gasteiger partial charge in [0.15, 0.2) is 0 Å². The van der Waals surface area contributed by atoms with Crippen LogP contribution in [-0.2, 0) is 0 Å². The van der Waals surface area contributed by atoms with E-state index in [2.05, 4.69) is 35.1 Å². The van der Waals surface area contributed by atoms with Gasteiger partial charge in [-0.25, -0.2) is 0 Å². The minimum Gasteiger partial charge on any atom is -0.396 e. The van der Waals surface area contributed by atoms with Crippen molar-refractivity contribution in [2.45, 2.75) is 26.7 Å². The summed E-state index contributed by atoms with van der Waals surface area (Å²) in [6.45, 7) is 5.16. The van der Waals surface area contributed by atoms with E-state index in [0.717, 1.165) is 29.5 Å². The van der Waals surface area contributed by atoms with Gasteiger partial charge < -0.3 is 10.4 Å². The van der Waals surface area contributed by atoms with Crippen molar-refractivity contribution < 1.29 is 5.11 Å². The smallest absolute Gasteiger partial charge is 0.0504 e. The van der Waals surface area contributed by atoms with E-state index < -0.39 is 0 Å². The van der Waals surface area contributed by atoms with Crippen LogP contribution in [0.5, 0.6) is 0 Å². The first-order valence-electron chi connectivity index (χ1n) is 5.86. The first-order valence-corrected chi connectivity index (χ1v) is 7.04. The lowest BCUT2D eigenvalue weighted by atomic mass is 9.83. The predicted octanol–water partition coefficient (Wildman–Crippen LogP) is 4.31. The number of aliphatic hydroxyl groups excluding tert-OH is 1. The van der Waals surface area contributed by atoms with E-state index in [4.69, 9.17) is 11.6 Å². The monoisotopic (exact) mass is 319 g/mol. The second kappa shape index (κ2) is 6.62. The van der Waals surface area contributed by atoms with Gasteiger partial charge in [-0.05, 0) is 47.0 Å². The number of anilines is 1. The molecule has 0 saturated carbocycles. The molecule has 1 aromatic rings. The van der Waals surface area contributed by atoms with E-state index >= 15 is 0 Å². The van der Waals surface area contributed by atoms with Crippen LogP contribution in [0.1, 0.15) is 26.7 Å². The number of hydrogen-bond acceptors (Lipinski definition) is 2. The van der Waals surface area contributed by atoms with Crippen LogP contribution in [0.2, 0.25) is 5.02 Å². The molecular formula is C13H19BrClNO. The molecule has 2 N–H and O–H groups in total. The molecule has 0 aromatic heterocycles. The van der Waals surface area contributed by atoms with Crippen LogP contribution in [-0.4, -0.2) is 18.3 Å². The number of aliphatic hydroxyl groups is 1. The second-order valence-corrected chi connectivity index (χ2v) is 5.63. The van der Waals surface area contributed by atoms with Crippen LogP contribution in [0.25, 0.3) is 0 Å². The number of halogens is 2. The molecule has 0 amide bonds. The highest BCUT2D eigenvalue weighted by molar-refractivity contribution is 9.10. The predicted molar refractivity (Wildman–Crippen MR) is 77.7 cm³/mol. The highest BCUT2D eigenvalue weighted by Crippen LogP contribution is 2.30. The Balaban J connectivity index is 2.75. The Morgan fingerprint density at radius 1 is 1.35 bits per heavy atom. The minimum atomic E-state index is -0.0538. The van der Waals surface area contributed by atoms with Gasteiger partial charge in [-0.1, -0.05) is 25.4 Å². The standard InChI is InChI=1S/C13H19BrClNO/c1-3-13(4-2,9-17)8-16-12-7-10(15)5-6-11(12)14/h5-7,16-17H,3-4,8-9H2,1-2H3. The van der Waals surface area contributed by atoms with Gasteiger partial charge in [0.2, 0.25) is 0 Å². The molecule has 0 saturated heterocycles. The fourth-order valence-corrected chi connectivity index (χ4v) is 2.25. The maximum absolute atomic E-state index is 9.50. The van der Waals surface area contributed by atoms with Gasteiger partial charge in [-0.2, -0.15) is 0 Å². The summed E-state index contributed by atoms with van der Waals surface area (Å²) in [7, 11) is 0. The molecule has 0 aliphatic rings. The van der Waals surface area contributed by atoms with E-state index in [9.17, 15) is 5.11 Å². The van der Waals surface area contributed by atoms with Crippen LogP contribution in [0.4, 0.5) is 5.69 Å². The lowest BCUT2D eigenvalue weighted by Crippen LogP contribution is -2.32. The molecule has 2 nitrogen and oxygen atoms in total. The van der Waals surface area contributed by atoms with Crippen LogP contribution in [0.3, 0.4) is 0 Å². The van der Waals surface area contributed by atoms with Gasteiger partial charge in [0.1, 0.15) is 0 Å². The van der Waals surface area contributed by atoms with Crippen molar-refractivity contribution in [3.63, 3.8) is 0 Å². The molecule has 1 rings (SSSR count). The average Bonchev–Trinajstić information content (AvgIpc) is 2.35. The Hall–Kier alpha value is -0.250. The molecule has 0 bridgehead atoms. The zero-order chi connectivity index (χ0) is 12.9. The van der Waals surface area contributed by atoms with E-state index in [0.29, 0.717) is 5.02 Å². The fraction of sp³-hybridized carbons (Fsp3) is 0.538. The topological polar surface area (TPSA) is 32.3 Å². The number of nitrogens with one attached hydrogen (secondary N) is 1. The highest BCUT2D eigenvalue weighted by atomic mass is 79.9. The van der Waals surface area contributed by atoms with Gasteiger partial charge in [-0.15, -0.1) is 0 Å². The summed E-state index contributed by atoms with van der Waals surface area (Å²) in [5.41, 5.74) is 0.916. The quantitative estimate of drug-likeness (QED) is 0.818. The largest absolute Gasteiger partial charge is 0.396 e. The summed E-state index contributed by atoms with van der Waals surface area (Å²) >= 11 is 9.44. The third-order valence-electron chi connectivity index (χ3n) is 3.42. The van der Waals surface area contributed by atoms with Crippen LogP contribution in [0, 0.1) is 5.41 Å². The minimum absolute atomic E-state index is 0.0538. The molecule has 1 aromatic carbocycles. The molecule has 0 heterocycles. The third kappa shape index (κ3) is 3.87. The van der Waals surface area contributed by atoms with Crippen molar-refractivity contribution in [2.75, 3.05) is 18.5 Å². The second-order valence-electron chi connectivity index (χ2n) is 4.34. The molecule has 0 radical (unpaired) electrons. The van der Waals surface area contributed by atoms with Crippen molar-refractivity contribution in [3.8, 4) is 0 Å². The van der Waals surface area contributed by atoms with Crippen LogP contribution < -0.4 is 5.32 Å². The van der Waals surface area contributed by atoms with Crippen molar-refractivity contribution in [3.05, 3.63) is 27.7 Å². The van der Waals surface area contributed by atoms with Crippen molar-refractivity contribution in [2.24, 2.45) is 5.41 Å². The highest BCUT2D eigenvalue weighted by Gasteiger charge is 2.25. The van der Waals surface area contributed by atoms with Gasteiger partial charge in [-0.3, -0.25) is 0 Å². The molecule has 0 spiro atoms. The summed E-state index contributed by atoms with van der Waals surface area (Å²) in [4.78, 5) is 0. The lowest BCUT2D eigenvalue weighted by molar-refractivity contribution is 0.127. The van der Waals surface area contributed by atoms with E-state index in [1.54, 1.807) is 0 Å². The van der Waals surface area contributed by atoms with E-state index in [1.807, 2.05) is 18.2 Å². The van der Waals surface area contributed by atoms with E-state index in [-0.39, 0.29) is 12.0 Å². The lowest BCUT2D eigenvalue weighted by Gasteiger charge is -2.30. The molecular weight excluding hydrogens is 302 g/mol. The Labute approximate surface area is 117 Å². The summed E-state index contributed by atoms with van der Waals surface area (Å²) in [5, 5.41) is 13.6. The normalized spacial score (nSPS) is 11.6. The number of rotatable bonds is 6. The molecule has 0 unspecified atom stereocenters. The summed E-state index contributed by atoms with van der Waals surface area (Å²) < 4.78 is 0.987. The zero-order valence-electron chi connectivity index (χ0n) is 10.3. The van der Waals surface area contributed by atoms with Gasteiger partial charge in [0, 0.05) is 27.1 Å². The molecule has 96 valence electrons. The molecule has 0 aliphatic heterocycles. The maximum Gasteiger partial charge on any atom is 0.0504 e. The molecule has 17 heavy (non-hydrogen) atoms. The van der Waals surface area contributed by atoms with E-state index in [1.165, 1.54) is 0 Å². The molecule has 4 heteroatoms. The zero-order valence-corrected chi connectivity index (χ0v) is 12.6. The summed E-state index contributed by atoms with van der Waals surface area (Å²) in [5.74, 6) is 0. The number of hydrogen-bond donors (Lipinski definition) is 2. The van der Waals surface area contributed by atoms with Crippen molar-refractivity contribution in [1.82, 2.24) is 0 Å². The maximum atomic E-state index is 9.50. The van der Waals surface area contributed by atoms with Gasteiger partial charge >= 0.3 is 0 Å². The number of benzene rings is 1. The van der Waals surface area contributed by atoms with Crippen LogP contribution in [0.15, 0.2) is 22.7 Å². The van der Waals surface area contributed by atoms with Crippen LogP contribution >= 0.6 is 27.5 Å². The first-order chi connectivity index (χ1) is 8.06. The fourth-order valence-electron chi connectivity index (χ4n) is 1.70. The molecule has 0 atom stereocenters. The Morgan fingerprint density at radius 3 is 2.53 bits per heavy atom. The summed E-state index contributed by atoms with van der Waals surface area (Å²) in [6, 6.07) is 5.65. The summed E-state index contributed by atoms with van der Waals surface area (Å²) in [6.07, 6.45) is 1.90. The van der Waals surface area contributed by atoms with Crippen molar-refractivity contribution in [1.29, 1.82) is 0 Å². The molecule has 0 fully saturated rings. The molecule has 0 aliphatic carbocycles. The SMILES string of the molecule is CCC(CC)(CO)CNc1cc(Cl)ccc1Br. The Kier molecular flexibility index (Phi) is 5.77. The first kappa shape index (κ1) is 14.8. The average molecular weight is 321 g/mol. The van der Waals surface area contributed by atoms with Gasteiger partial charge in [0.05, 0.1) is 6.61 Å². The Bertz CT molecular complexity index is 358. The Morgan fingerprint density at radius 2 is 2.00 bits per heavy atom. The third-order valence-corrected chi connectivity index (χ3v) is 4.34. The van der Waals surface area contributed by atoms with Gasteiger partial charge in [0.25, 0.3) is 0 Å². The van der Waals surface area contributed by atoms with Crippen molar-refractivity contribution >= 4 is 33.2 Å².